The molecule has 2 aromatic carbocycles. The van der Waals surface area contributed by atoms with Crippen molar-refractivity contribution in [2.24, 2.45) is 5.92 Å². The van der Waals surface area contributed by atoms with Gasteiger partial charge in [-0.25, -0.2) is 14.8 Å². The molecule has 2 saturated heterocycles. The zero-order chi connectivity index (χ0) is 37.1. The molecule has 6 bridgehead atoms. The van der Waals surface area contributed by atoms with Gasteiger partial charge in [-0.3, -0.25) is 9.36 Å². The molecule has 4 aliphatic rings. The fourth-order valence-electron chi connectivity index (χ4n) is 7.66. The van der Waals surface area contributed by atoms with E-state index in [0.29, 0.717) is 36.5 Å². The molecule has 7 heterocycles. The van der Waals surface area contributed by atoms with Gasteiger partial charge in [-0.1, -0.05) is 43.3 Å². The molecule has 53 heavy (non-hydrogen) atoms. The van der Waals surface area contributed by atoms with Gasteiger partial charge in [0, 0.05) is 37.4 Å². The number of piperidine rings is 1. The van der Waals surface area contributed by atoms with Crippen LogP contribution in [0.25, 0.3) is 33.1 Å². The summed E-state index contributed by atoms with van der Waals surface area (Å²) in [5, 5.41) is 0.525. The summed E-state index contributed by atoms with van der Waals surface area (Å²) in [6.45, 7) is 7.46. The molecule has 278 valence electrons. The minimum absolute atomic E-state index is 0.0273. The summed E-state index contributed by atoms with van der Waals surface area (Å²) in [5.74, 6) is -4.90. The van der Waals surface area contributed by atoms with Crippen LogP contribution in [-0.4, -0.2) is 86.9 Å². The molecule has 1 amide bonds. The Hall–Kier alpha value is -5.11. The molecule has 0 aliphatic carbocycles. The average Bonchev–Trinajstić information content (AvgIpc) is 3.81. The summed E-state index contributed by atoms with van der Waals surface area (Å²) < 4.78 is 58.4. The number of hydrogen-bond donors (Lipinski definition) is 0. The number of carbonyl (C=O) groups excluding carboxylic acids is 2. The van der Waals surface area contributed by atoms with E-state index in [9.17, 15) is 9.59 Å². The summed E-state index contributed by atoms with van der Waals surface area (Å²) in [4.78, 5) is 44.3. The van der Waals surface area contributed by atoms with Gasteiger partial charge in [0.15, 0.2) is 11.4 Å². The molecule has 4 atom stereocenters. The molecule has 5 aromatic rings. The number of ether oxygens (including phenoxy) is 3. The summed E-state index contributed by atoms with van der Waals surface area (Å²) in [6, 6.07) is 14.2. The number of benzene rings is 2. The molecule has 2 fully saturated rings. The van der Waals surface area contributed by atoms with E-state index in [2.05, 4.69) is 21.5 Å². The van der Waals surface area contributed by atoms with Gasteiger partial charge in [0.25, 0.3) is 6.01 Å². The molecule has 9 rings (SSSR count). The monoisotopic (exact) mass is 728 g/mol. The lowest BCUT2D eigenvalue weighted by molar-refractivity contribution is -0.156. The van der Waals surface area contributed by atoms with E-state index in [1.54, 1.807) is 62.1 Å². The highest BCUT2D eigenvalue weighted by molar-refractivity contribution is 6.06. The van der Waals surface area contributed by atoms with Crippen molar-refractivity contribution in [2.45, 2.75) is 76.7 Å². The van der Waals surface area contributed by atoms with E-state index in [1.807, 2.05) is 29.2 Å². The van der Waals surface area contributed by atoms with Crippen molar-refractivity contribution in [3.63, 3.8) is 0 Å². The number of esters is 1. The molecule has 4 aliphatic heterocycles. The summed E-state index contributed by atoms with van der Waals surface area (Å²) >= 11 is 0. The Labute approximate surface area is 304 Å². The Kier molecular flexibility index (Phi) is 8.83. The Morgan fingerprint density at radius 2 is 1.81 bits per heavy atom. The number of imidazole rings is 1. The van der Waals surface area contributed by atoms with Crippen LogP contribution in [0.5, 0.6) is 6.01 Å². The van der Waals surface area contributed by atoms with Crippen LogP contribution >= 0.6 is 0 Å². The lowest BCUT2D eigenvalue weighted by Crippen LogP contribution is -2.43. The van der Waals surface area contributed by atoms with E-state index in [-0.39, 0.29) is 60.8 Å². The zero-order valence-corrected chi connectivity index (χ0v) is 30.1. The van der Waals surface area contributed by atoms with Crippen molar-refractivity contribution >= 4 is 50.8 Å². The van der Waals surface area contributed by atoms with Gasteiger partial charge in [0.05, 0.1) is 24.2 Å². The van der Waals surface area contributed by atoms with E-state index < -0.39 is 42.1 Å². The van der Waals surface area contributed by atoms with Crippen LogP contribution in [0.15, 0.2) is 65.1 Å². The number of anilines is 1. The highest BCUT2D eigenvalue weighted by Gasteiger charge is 2.45. The fourth-order valence-corrected chi connectivity index (χ4v) is 7.66. The Bertz CT molecular complexity index is 2230. The standard InChI is InChI=1S/C39H42F2N6O6/c1-23-20-45-17-16-27(23)47-28-13-7-6-12-26(28)42-37(47)51-24-19-29(35(49)53-38(2,3)4)46(21-24)34-33-32(25-11-5-8-14-30(25)52-33)43-36(44-34)39(40,41)22-50-18-10-9-15-31(45)48/h5-14,23-24,27,29H,15-22H2,1-4H3/b10-9+/t23-,24-,27-,29-/m0/s1. The maximum absolute atomic E-state index is 16.0. The number of aromatic nitrogens is 4. The number of fused-ring (bicyclic) bond motifs is 12. The maximum atomic E-state index is 16.0. The number of nitrogens with zero attached hydrogens (tertiary/aromatic N) is 6. The molecule has 3 aromatic heterocycles. The lowest BCUT2D eigenvalue weighted by Gasteiger charge is -2.38. The molecular weight excluding hydrogens is 686 g/mol. The molecule has 0 spiro atoms. The van der Waals surface area contributed by atoms with Crippen LogP contribution in [0, 0.1) is 5.92 Å². The van der Waals surface area contributed by atoms with E-state index in [0.717, 1.165) is 11.0 Å². The number of para-hydroxylation sites is 3. The second kappa shape index (κ2) is 13.4. The first kappa shape index (κ1) is 34.9. The lowest BCUT2D eigenvalue weighted by atomic mass is 9.93. The van der Waals surface area contributed by atoms with Crippen LogP contribution in [0.1, 0.15) is 58.8 Å². The SMILES string of the molecule is C[C@H]1CN2CC[C@@H]1n1c(nc3ccccc31)O[C@H]1C[C@@H](C(=O)OC(C)(C)C)N(C1)c1nc(nc3c1oc1ccccc13)C(F)(F)COC/C=C/CC2=O. The van der Waals surface area contributed by atoms with Crippen LogP contribution in [0.4, 0.5) is 14.6 Å². The van der Waals surface area contributed by atoms with E-state index >= 15 is 8.78 Å². The largest absolute Gasteiger partial charge is 0.459 e. The predicted octanol–water partition coefficient (Wildman–Crippen LogP) is 6.57. The third kappa shape index (κ3) is 6.68. The normalized spacial score (nSPS) is 24.6. The highest BCUT2D eigenvalue weighted by Crippen LogP contribution is 2.41. The number of amides is 1. The van der Waals surface area contributed by atoms with Crippen LogP contribution < -0.4 is 9.64 Å². The van der Waals surface area contributed by atoms with Crippen molar-refractivity contribution < 1.29 is 37.0 Å². The topological polar surface area (TPSA) is 125 Å². The average molecular weight is 729 g/mol. The van der Waals surface area contributed by atoms with Crippen LogP contribution in [0.2, 0.25) is 0 Å². The summed E-state index contributed by atoms with van der Waals surface area (Å²) in [6.07, 6.45) is 3.56. The van der Waals surface area contributed by atoms with Gasteiger partial charge in [0.2, 0.25) is 11.7 Å². The van der Waals surface area contributed by atoms with E-state index in [1.165, 1.54) is 0 Å². The fraction of sp³-hybridized carbons (Fsp3) is 0.462. The van der Waals surface area contributed by atoms with Crippen molar-refractivity contribution in [2.75, 3.05) is 37.7 Å². The number of carbonyl (C=O) groups is 2. The van der Waals surface area contributed by atoms with Gasteiger partial charge in [0.1, 0.15) is 35.5 Å². The highest BCUT2D eigenvalue weighted by atomic mass is 19.3. The molecule has 12 nitrogen and oxygen atoms in total. The van der Waals surface area contributed by atoms with Crippen molar-refractivity contribution in [3.8, 4) is 6.01 Å². The van der Waals surface area contributed by atoms with Crippen molar-refractivity contribution in [3.05, 3.63) is 66.5 Å². The van der Waals surface area contributed by atoms with E-state index in [4.69, 9.17) is 23.6 Å². The predicted molar refractivity (Wildman–Crippen MR) is 193 cm³/mol. The number of hydrogen-bond acceptors (Lipinski definition) is 10. The second-order valence-corrected chi connectivity index (χ2v) is 15.1. The molecule has 0 N–H and O–H groups in total. The molecule has 0 unspecified atom stereocenters. The quantitative estimate of drug-likeness (QED) is 0.138. The molecule has 14 heteroatoms. The zero-order valence-electron chi connectivity index (χ0n) is 30.1. The smallest absolute Gasteiger partial charge is 0.329 e. The van der Waals surface area contributed by atoms with Gasteiger partial charge < -0.3 is 28.4 Å². The van der Waals surface area contributed by atoms with Gasteiger partial charge >= 0.3 is 11.9 Å². The molecule has 0 saturated carbocycles. The van der Waals surface area contributed by atoms with Gasteiger partial charge in [-0.2, -0.15) is 13.8 Å². The maximum Gasteiger partial charge on any atom is 0.329 e. The van der Waals surface area contributed by atoms with Crippen LogP contribution in [0.3, 0.4) is 0 Å². The molecule has 0 radical (unpaired) electrons. The Morgan fingerprint density at radius 1 is 1.02 bits per heavy atom. The minimum Gasteiger partial charge on any atom is -0.459 e. The summed E-state index contributed by atoms with van der Waals surface area (Å²) in [7, 11) is 0. The summed E-state index contributed by atoms with van der Waals surface area (Å²) in [5.41, 5.74) is 1.61. The second-order valence-electron chi connectivity index (χ2n) is 15.1. The van der Waals surface area contributed by atoms with Crippen molar-refractivity contribution in [1.29, 1.82) is 0 Å². The Balaban J connectivity index is 1.27. The van der Waals surface area contributed by atoms with Gasteiger partial charge in [-0.15, -0.1) is 0 Å². The number of halogens is 2. The number of rotatable bonds is 1. The first-order valence-electron chi connectivity index (χ1n) is 18.1. The first-order chi connectivity index (χ1) is 25.4. The molecular formula is C39H42F2N6O6. The first-order valence-corrected chi connectivity index (χ1v) is 18.1. The third-order valence-corrected chi connectivity index (χ3v) is 10.1. The Morgan fingerprint density at radius 3 is 2.62 bits per heavy atom. The third-order valence-electron chi connectivity index (χ3n) is 10.1. The number of furan rings is 1. The minimum atomic E-state index is -3.62. The van der Waals surface area contributed by atoms with Gasteiger partial charge in [-0.05, 0) is 57.4 Å². The van der Waals surface area contributed by atoms with Crippen LogP contribution in [-0.2, 0) is 25.0 Å². The number of alkyl halides is 2. The van der Waals surface area contributed by atoms with Crippen molar-refractivity contribution in [1.82, 2.24) is 24.4 Å².